The minimum Gasteiger partial charge on any atom is -0.352 e. The Morgan fingerprint density at radius 1 is 1.56 bits per heavy atom. The molecule has 0 radical (unpaired) electrons. The molecule has 2 atom stereocenters. The van der Waals surface area contributed by atoms with E-state index in [4.69, 9.17) is 0 Å². The highest BCUT2D eigenvalue weighted by molar-refractivity contribution is 5.78. The molecular formula is C11H20F2N2O. The number of hydrogen-bond donors (Lipinski definition) is 2. The van der Waals surface area contributed by atoms with Gasteiger partial charge in [-0.2, -0.15) is 0 Å². The van der Waals surface area contributed by atoms with Gasteiger partial charge < -0.3 is 10.6 Å². The van der Waals surface area contributed by atoms with Crippen LogP contribution in [0.1, 0.15) is 33.6 Å². The van der Waals surface area contributed by atoms with Gasteiger partial charge in [-0.25, -0.2) is 8.78 Å². The molecule has 1 heterocycles. The van der Waals surface area contributed by atoms with Crippen LogP contribution >= 0.6 is 0 Å². The Hall–Kier alpha value is -0.710. The molecular weight excluding hydrogens is 214 g/mol. The van der Waals surface area contributed by atoms with Crippen LogP contribution in [0.25, 0.3) is 0 Å². The van der Waals surface area contributed by atoms with Crippen LogP contribution in [0.3, 0.4) is 0 Å². The molecule has 1 aliphatic heterocycles. The Labute approximate surface area is 95.0 Å². The van der Waals surface area contributed by atoms with E-state index in [1.807, 2.05) is 0 Å². The summed E-state index contributed by atoms with van der Waals surface area (Å²) in [4.78, 5) is 10.9. The fourth-order valence-electron chi connectivity index (χ4n) is 1.60. The molecule has 1 unspecified atom stereocenters. The van der Waals surface area contributed by atoms with Crippen LogP contribution in [0.5, 0.6) is 0 Å². The van der Waals surface area contributed by atoms with Crippen molar-refractivity contribution in [3.63, 3.8) is 0 Å². The first-order valence-electron chi connectivity index (χ1n) is 5.65. The molecule has 0 spiro atoms. The van der Waals surface area contributed by atoms with Gasteiger partial charge in [-0.05, 0) is 13.3 Å². The summed E-state index contributed by atoms with van der Waals surface area (Å²) in [6.07, 6.45) is -1.03. The largest absolute Gasteiger partial charge is 0.352 e. The molecule has 16 heavy (non-hydrogen) atoms. The van der Waals surface area contributed by atoms with Gasteiger partial charge in [0.15, 0.2) is 0 Å². The van der Waals surface area contributed by atoms with Crippen molar-refractivity contribution in [2.75, 3.05) is 6.54 Å². The number of carbonyl (C=O) groups is 1. The quantitative estimate of drug-likeness (QED) is 0.757. The molecule has 0 aromatic rings. The normalized spacial score (nSPS) is 23.6. The van der Waals surface area contributed by atoms with Gasteiger partial charge in [0.05, 0.1) is 0 Å². The summed E-state index contributed by atoms with van der Waals surface area (Å²) < 4.78 is 25.4. The number of halogens is 2. The van der Waals surface area contributed by atoms with E-state index in [1.54, 1.807) is 20.8 Å². The molecule has 94 valence electrons. The number of rotatable bonds is 5. The molecule has 0 aromatic heterocycles. The van der Waals surface area contributed by atoms with E-state index in [0.29, 0.717) is 13.0 Å². The van der Waals surface area contributed by atoms with Crippen molar-refractivity contribution in [2.45, 2.75) is 52.1 Å². The van der Waals surface area contributed by atoms with Crippen LogP contribution < -0.4 is 10.6 Å². The van der Waals surface area contributed by atoms with Crippen molar-refractivity contribution in [3.8, 4) is 0 Å². The Bertz CT molecular complexity index is 256. The van der Waals surface area contributed by atoms with E-state index < -0.39 is 11.8 Å². The van der Waals surface area contributed by atoms with Crippen LogP contribution in [0.4, 0.5) is 8.78 Å². The Balaban J connectivity index is 2.35. The molecule has 1 saturated heterocycles. The fourth-order valence-corrected chi connectivity index (χ4v) is 1.60. The second-order valence-corrected chi connectivity index (χ2v) is 5.06. The van der Waals surface area contributed by atoms with Gasteiger partial charge in [0, 0.05) is 30.5 Å². The second-order valence-electron chi connectivity index (χ2n) is 5.06. The fraction of sp³-hybridized carbons (Fsp3) is 0.909. The van der Waals surface area contributed by atoms with Crippen LogP contribution in [-0.2, 0) is 4.79 Å². The monoisotopic (exact) mass is 234 g/mol. The van der Waals surface area contributed by atoms with E-state index >= 15 is 0 Å². The zero-order valence-corrected chi connectivity index (χ0v) is 10.0. The van der Waals surface area contributed by atoms with E-state index in [9.17, 15) is 13.6 Å². The predicted octanol–water partition coefficient (Wildman–Crippen LogP) is 1.53. The molecule has 2 N–H and O–H groups in total. The average Bonchev–Trinajstić information content (AvgIpc) is 2.60. The third-order valence-corrected chi connectivity index (χ3v) is 3.43. The van der Waals surface area contributed by atoms with Crippen molar-refractivity contribution in [1.29, 1.82) is 0 Å². The Morgan fingerprint density at radius 2 is 2.19 bits per heavy atom. The Morgan fingerprint density at radius 3 is 2.62 bits per heavy atom. The highest BCUT2D eigenvalue weighted by atomic mass is 19.3. The third kappa shape index (κ3) is 3.14. The van der Waals surface area contributed by atoms with Crippen LogP contribution in [0.2, 0.25) is 0 Å². The smallest absolute Gasteiger partial charge is 0.245 e. The second kappa shape index (κ2) is 5.08. The van der Waals surface area contributed by atoms with Crippen molar-refractivity contribution in [1.82, 2.24) is 10.6 Å². The first-order valence-corrected chi connectivity index (χ1v) is 5.65. The van der Waals surface area contributed by atoms with Gasteiger partial charge in [0.2, 0.25) is 12.3 Å². The van der Waals surface area contributed by atoms with Gasteiger partial charge in [-0.15, -0.1) is 0 Å². The molecule has 1 aliphatic rings. The number of nitrogens with one attached hydrogen (secondary N) is 2. The lowest BCUT2D eigenvalue weighted by Crippen LogP contribution is -2.48. The maximum atomic E-state index is 12.7. The lowest BCUT2D eigenvalue weighted by Gasteiger charge is -2.32. The maximum Gasteiger partial charge on any atom is 0.245 e. The highest BCUT2D eigenvalue weighted by Gasteiger charge is 2.35. The summed E-state index contributed by atoms with van der Waals surface area (Å²) in [6, 6.07) is -0.201. The van der Waals surface area contributed by atoms with Crippen molar-refractivity contribution in [3.05, 3.63) is 0 Å². The van der Waals surface area contributed by atoms with Gasteiger partial charge in [0.1, 0.15) is 0 Å². The number of amides is 1. The molecule has 1 fully saturated rings. The molecule has 0 aliphatic carbocycles. The maximum absolute atomic E-state index is 12.7. The molecule has 1 amide bonds. The van der Waals surface area contributed by atoms with Gasteiger partial charge in [0.25, 0.3) is 0 Å². The topological polar surface area (TPSA) is 41.1 Å². The van der Waals surface area contributed by atoms with Crippen LogP contribution in [0, 0.1) is 5.41 Å². The van der Waals surface area contributed by atoms with E-state index in [-0.39, 0.29) is 18.0 Å². The lowest BCUT2D eigenvalue weighted by atomic mass is 9.86. The number of hydrogen-bond acceptors (Lipinski definition) is 2. The van der Waals surface area contributed by atoms with Crippen LogP contribution in [-0.4, -0.2) is 31.0 Å². The van der Waals surface area contributed by atoms with E-state index in [2.05, 4.69) is 10.6 Å². The summed E-state index contributed by atoms with van der Waals surface area (Å²) in [5, 5.41) is 5.87. The van der Waals surface area contributed by atoms with Gasteiger partial charge >= 0.3 is 0 Å². The number of carbonyl (C=O) groups excluding carboxylic acids is 1. The van der Waals surface area contributed by atoms with Crippen molar-refractivity contribution < 1.29 is 13.6 Å². The average molecular weight is 234 g/mol. The molecule has 0 aromatic carbocycles. The minimum atomic E-state index is -2.35. The first-order chi connectivity index (χ1) is 7.34. The van der Waals surface area contributed by atoms with Crippen molar-refractivity contribution in [2.24, 2.45) is 5.41 Å². The SMILES string of the molecule is CC(NC[C@@H]1CCC(=O)N1)C(C)(C)C(F)F. The summed E-state index contributed by atoms with van der Waals surface area (Å²) in [6.45, 7) is 5.40. The number of alkyl halides is 2. The first kappa shape index (κ1) is 13.4. The Kier molecular flexibility index (Phi) is 4.24. The van der Waals surface area contributed by atoms with E-state index in [0.717, 1.165) is 6.42 Å². The molecule has 1 rings (SSSR count). The zero-order valence-electron chi connectivity index (χ0n) is 10.0. The van der Waals surface area contributed by atoms with Crippen LogP contribution in [0.15, 0.2) is 0 Å². The standard InChI is InChI=1S/C11H20F2N2O/c1-7(11(2,3)10(12)13)14-6-8-4-5-9(16)15-8/h7-8,10,14H,4-6H2,1-3H3,(H,15,16)/t7?,8-/m0/s1. The summed E-state index contributed by atoms with van der Waals surface area (Å²) in [7, 11) is 0. The summed E-state index contributed by atoms with van der Waals surface area (Å²) >= 11 is 0. The molecule has 5 heteroatoms. The third-order valence-electron chi connectivity index (χ3n) is 3.43. The zero-order chi connectivity index (χ0) is 12.3. The highest BCUT2D eigenvalue weighted by Crippen LogP contribution is 2.28. The van der Waals surface area contributed by atoms with Gasteiger partial charge in [-0.1, -0.05) is 13.8 Å². The molecule has 0 bridgehead atoms. The summed E-state index contributed by atoms with van der Waals surface area (Å²) in [5.41, 5.74) is -1.05. The molecule has 3 nitrogen and oxygen atoms in total. The molecule has 0 saturated carbocycles. The van der Waals surface area contributed by atoms with E-state index in [1.165, 1.54) is 0 Å². The minimum absolute atomic E-state index is 0.0487. The lowest BCUT2D eigenvalue weighted by molar-refractivity contribution is -0.119. The van der Waals surface area contributed by atoms with Gasteiger partial charge in [-0.3, -0.25) is 4.79 Å². The summed E-state index contributed by atoms with van der Waals surface area (Å²) in [5.74, 6) is 0.0487. The predicted molar refractivity (Wildman–Crippen MR) is 58.4 cm³/mol. The van der Waals surface area contributed by atoms with Crippen molar-refractivity contribution >= 4 is 5.91 Å².